The molecule has 0 radical (unpaired) electrons. The number of allylic oxidation sites excluding steroid dienone is 3. The molecule has 0 saturated heterocycles. The van der Waals surface area contributed by atoms with Crippen LogP contribution in [0.1, 0.15) is 6.42 Å². The molecule has 0 fully saturated rings. The van der Waals surface area contributed by atoms with E-state index in [1.165, 1.54) is 47.3 Å². The molecule has 232 valence electrons. The fourth-order valence-electron chi connectivity index (χ4n) is 7.03. The molecular weight excluding hydrogens is 637 g/mol. The van der Waals surface area contributed by atoms with Crippen molar-refractivity contribution < 1.29 is 0 Å². The van der Waals surface area contributed by atoms with Gasteiger partial charge in [0.1, 0.15) is 0 Å². The molecule has 0 saturated carbocycles. The van der Waals surface area contributed by atoms with Crippen molar-refractivity contribution in [3.63, 3.8) is 0 Å². The zero-order valence-electron chi connectivity index (χ0n) is 26.3. The molecule has 1 atom stereocenters. The van der Waals surface area contributed by atoms with Crippen molar-refractivity contribution in [2.45, 2.75) is 21.5 Å². The second-order valence-corrected chi connectivity index (χ2v) is 14.7. The zero-order chi connectivity index (χ0) is 32.3. The lowest BCUT2D eigenvalue weighted by molar-refractivity contribution is 1.02. The first-order chi connectivity index (χ1) is 24.3. The summed E-state index contributed by atoms with van der Waals surface area (Å²) in [6, 6.07) is 46.9. The number of aromatic nitrogens is 4. The summed E-state index contributed by atoms with van der Waals surface area (Å²) in [5.41, 5.74) is 6.50. The molecule has 8 aromatic rings. The summed E-state index contributed by atoms with van der Waals surface area (Å²) >= 11 is 3.94. The van der Waals surface area contributed by atoms with Crippen LogP contribution in [0.4, 0.5) is 0 Å². The highest BCUT2D eigenvalue weighted by Gasteiger charge is 2.29. The van der Waals surface area contributed by atoms with Crippen molar-refractivity contribution in [1.29, 1.82) is 0 Å². The van der Waals surface area contributed by atoms with Crippen LogP contribution >= 0.6 is 23.5 Å². The van der Waals surface area contributed by atoms with Crippen LogP contribution in [-0.2, 0) is 0 Å². The van der Waals surface area contributed by atoms with Gasteiger partial charge in [0.05, 0.1) is 11.0 Å². The van der Waals surface area contributed by atoms with E-state index in [1.807, 2.05) is 84.2 Å². The van der Waals surface area contributed by atoms with Crippen molar-refractivity contribution >= 4 is 56.1 Å². The van der Waals surface area contributed by atoms with Crippen molar-refractivity contribution in [3.05, 3.63) is 157 Å². The van der Waals surface area contributed by atoms with Gasteiger partial charge in [-0.3, -0.25) is 0 Å². The minimum atomic E-state index is 0.445. The number of hydrogen-bond acceptors (Lipinski definition) is 5. The maximum atomic E-state index is 4.98. The predicted molar refractivity (Wildman–Crippen MR) is 205 cm³/mol. The fraction of sp³-hybridized carbons (Fsp3) is 0.0465. The summed E-state index contributed by atoms with van der Waals surface area (Å²) in [7, 11) is 0. The van der Waals surface area contributed by atoms with Crippen molar-refractivity contribution in [3.8, 4) is 39.9 Å². The fourth-order valence-corrected chi connectivity index (χ4v) is 9.73. The van der Waals surface area contributed by atoms with E-state index in [1.54, 1.807) is 0 Å². The van der Waals surface area contributed by atoms with E-state index < -0.39 is 0 Å². The van der Waals surface area contributed by atoms with Gasteiger partial charge in [0.25, 0.3) is 0 Å². The van der Waals surface area contributed by atoms with Crippen molar-refractivity contribution in [2.75, 3.05) is 0 Å². The number of rotatable bonds is 4. The highest BCUT2D eigenvalue weighted by Crippen LogP contribution is 2.53. The molecule has 49 heavy (non-hydrogen) atoms. The number of thioether (sulfide) groups is 2. The first-order valence-electron chi connectivity index (χ1n) is 16.5. The topological polar surface area (TPSA) is 43.6 Å². The van der Waals surface area contributed by atoms with Crippen LogP contribution in [0.3, 0.4) is 0 Å². The average Bonchev–Trinajstić information content (AvgIpc) is 3.53. The molecule has 0 spiro atoms. The molecule has 1 aliphatic carbocycles. The maximum absolute atomic E-state index is 4.98. The molecule has 2 aromatic heterocycles. The van der Waals surface area contributed by atoms with Crippen LogP contribution in [-0.4, -0.2) is 24.8 Å². The maximum Gasteiger partial charge on any atom is 0.164 e. The summed E-state index contributed by atoms with van der Waals surface area (Å²) in [5.74, 6) is 1.98. The highest BCUT2D eigenvalue weighted by atomic mass is 32.2. The Kier molecular flexibility index (Phi) is 6.77. The first kappa shape index (κ1) is 28.6. The summed E-state index contributed by atoms with van der Waals surface area (Å²) in [5, 5.41) is 5.49. The largest absolute Gasteiger partial charge is 0.307 e. The van der Waals surface area contributed by atoms with Gasteiger partial charge in [0.2, 0.25) is 0 Å². The molecule has 6 aromatic carbocycles. The first-order valence-corrected chi connectivity index (χ1v) is 18.2. The molecule has 4 nitrogen and oxygen atoms in total. The molecule has 1 unspecified atom stereocenters. The summed E-state index contributed by atoms with van der Waals surface area (Å²) in [4.78, 5) is 19.0. The SMILES string of the molecule is C1=CCC2Sc3c(ccc4c5ccc6ccccc6c5n(-c5ccc(-c6nc(-c7ccccc7)nc(-c7ccccc7)n6)cc5)c34)SC2=C1. The third-order valence-electron chi connectivity index (χ3n) is 9.37. The number of benzene rings is 6. The smallest absolute Gasteiger partial charge is 0.164 e. The van der Waals surface area contributed by atoms with Crippen LogP contribution in [0.15, 0.2) is 166 Å². The molecule has 0 N–H and O–H groups in total. The Morgan fingerprint density at radius 3 is 1.88 bits per heavy atom. The third-order valence-corrected chi connectivity index (χ3v) is 12.2. The molecule has 0 bridgehead atoms. The molecule has 6 heteroatoms. The summed E-state index contributed by atoms with van der Waals surface area (Å²) < 4.78 is 2.49. The van der Waals surface area contributed by atoms with Gasteiger partial charge >= 0.3 is 0 Å². The van der Waals surface area contributed by atoms with E-state index in [2.05, 4.69) is 95.6 Å². The third kappa shape index (κ3) is 4.82. The minimum absolute atomic E-state index is 0.445. The van der Waals surface area contributed by atoms with Gasteiger partial charge in [-0.25, -0.2) is 15.0 Å². The monoisotopic (exact) mass is 664 g/mol. The zero-order valence-corrected chi connectivity index (χ0v) is 28.0. The molecule has 0 amide bonds. The lowest BCUT2D eigenvalue weighted by atomic mass is 10.1. The molecule has 1 aliphatic heterocycles. The standard InChI is InChI=1S/C43H28N4S2/c1-3-12-28(13-4-1)41-44-42(29-14-5-2-6-15-29)46-43(45-41)30-19-22-31(23-20-30)47-38-32-16-8-7-11-27(32)21-24-33(38)34-25-26-37-40(39(34)47)49-36-18-10-9-17-35(36)48-37/h1-17,19-26,36H,18H2. The summed E-state index contributed by atoms with van der Waals surface area (Å²) in [6.07, 6.45) is 7.83. The molecule has 3 heterocycles. The lowest BCUT2D eigenvalue weighted by Gasteiger charge is -2.28. The van der Waals surface area contributed by atoms with E-state index >= 15 is 0 Å². The molecular formula is C43H28N4S2. The van der Waals surface area contributed by atoms with Gasteiger partial charge in [0.15, 0.2) is 17.5 Å². The van der Waals surface area contributed by atoms with Crippen LogP contribution < -0.4 is 0 Å². The van der Waals surface area contributed by atoms with Gasteiger partial charge in [-0.1, -0.05) is 133 Å². The average molecular weight is 665 g/mol. The summed E-state index contributed by atoms with van der Waals surface area (Å²) in [6.45, 7) is 0. The predicted octanol–water partition coefficient (Wildman–Crippen LogP) is 11.5. The van der Waals surface area contributed by atoms with Gasteiger partial charge in [-0.2, -0.15) is 0 Å². The van der Waals surface area contributed by atoms with Crippen LogP contribution in [0, 0.1) is 0 Å². The number of fused-ring (bicyclic) bond motifs is 8. The Labute approximate surface area is 292 Å². The normalized spacial score (nSPS) is 15.3. The second kappa shape index (κ2) is 11.6. The van der Waals surface area contributed by atoms with Crippen LogP contribution in [0.25, 0.3) is 72.4 Å². The van der Waals surface area contributed by atoms with E-state index in [-0.39, 0.29) is 0 Å². The van der Waals surface area contributed by atoms with E-state index in [0.29, 0.717) is 22.7 Å². The minimum Gasteiger partial charge on any atom is -0.307 e. The van der Waals surface area contributed by atoms with E-state index in [4.69, 9.17) is 15.0 Å². The highest BCUT2D eigenvalue weighted by molar-refractivity contribution is 8.09. The Morgan fingerprint density at radius 2 is 1.16 bits per heavy atom. The molecule has 2 aliphatic rings. The number of hydrogen-bond donors (Lipinski definition) is 0. The Hall–Kier alpha value is -5.43. The van der Waals surface area contributed by atoms with Gasteiger partial charge < -0.3 is 4.57 Å². The van der Waals surface area contributed by atoms with Gasteiger partial charge in [-0.15, -0.1) is 11.8 Å². The van der Waals surface area contributed by atoms with Crippen molar-refractivity contribution in [2.24, 2.45) is 0 Å². The van der Waals surface area contributed by atoms with Gasteiger partial charge in [-0.05, 0) is 42.1 Å². The Balaban J connectivity index is 1.18. The van der Waals surface area contributed by atoms with E-state index in [0.717, 1.165) is 28.8 Å². The molecule has 10 rings (SSSR count). The van der Waals surface area contributed by atoms with E-state index in [9.17, 15) is 0 Å². The Bertz CT molecular complexity index is 2570. The second-order valence-electron chi connectivity index (χ2n) is 12.3. The Morgan fingerprint density at radius 1 is 0.551 bits per heavy atom. The quantitative estimate of drug-likeness (QED) is 0.187. The van der Waals surface area contributed by atoms with Gasteiger partial charge in [0, 0.05) is 58.5 Å². The van der Waals surface area contributed by atoms with Crippen LogP contribution in [0.5, 0.6) is 0 Å². The number of nitrogens with zero attached hydrogens (tertiary/aromatic N) is 4. The van der Waals surface area contributed by atoms with Crippen molar-refractivity contribution in [1.82, 2.24) is 19.5 Å². The van der Waals surface area contributed by atoms with Crippen LogP contribution in [0.2, 0.25) is 0 Å². The lowest BCUT2D eigenvalue weighted by Crippen LogP contribution is -2.10.